The Bertz CT molecular complexity index is 700. The Balaban J connectivity index is 2.36. The second kappa shape index (κ2) is 6.80. The van der Waals surface area contributed by atoms with Gasteiger partial charge in [-0.2, -0.15) is 0 Å². The predicted octanol–water partition coefficient (Wildman–Crippen LogP) is 4.05. The molecule has 0 heterocycles. The molecule has 0 aliphatic carbocycles. The number of hydrogen-bond donors (Lipinski definition) is 2. The average molecular weight is 298 g/mol. The zero-order chi connectivity index (χ0) is 16.1. The molecule has 0 amide bonds. The van der Waals surface area contributed by atoms with Gasteiger partial charge in [-0.15, -0.1) is 0 Å². The van der Waals surface area contributed by atoms with Gasteiger partial charge in [-0.1, -0.05) is 31.2 Å². The van der Waals surface area contributed by atoms with Crippen molar-refractivity contribution in [3.8, 4) is 11.5 Å². The number of aromatic carboxylic acids is 1. The number of methoxy groups -OCH3 is 1. The third-order valence-electron chi connectivity index (χ3n) is 3.43. The Morgan fingerprint density at radius 2 is 1.77 bits per heavy atom. The Kier molecular flexibility index (Phi) is 4.84. The highest BCUT2D eigenvalue weighted by Crippen LogP contribution is 2.29. The molecule has 2 aromatic rings. The fourth-order valence-corrected chi connectivity index (χ4v) is 2.20. The molecule has 0 saturated carbocycles. The minimum Gasteiger partial charge on any atom is -0.504 e. The third-order valence-corrected chi connectivity index (χ3v) is 3.43. The molecule has 0 saturated heterocycles. The molecule has 0 aliphatic heterocycles. The number of carboxylic acids is 1. The first-order valence-corrected chi connectivity index (χ1v) is 6.96. The van der Waals surface area contributed by atoms with Crippen molar-refractivity contribution in [2.24, 2.45) is 0 Å². The molecule has 0 radical (unpaired) electrons. The first-order chi connectivity index (χ1) is 10.5. The van der Waals surface area contributed by atoms with Crippen LogP contribution in [-0.4, -0.2) is 23.3 Å². The van der Waals surface area contributed by atoms with Crippen molar-refractivity contribution in [2.75, 3.05) is 7.11 Å². The van der Waals surface area contributed by atoms with E-state index in [2.05, 4.69) is 0 Å². The maximum atomic E-state index is 10.9. The Morgan fingerprint density at radius 3 is 2.32 bits per heavy atom. The largest absolute Gasteiger partial charge is 0.504 e. The van der Waals surface area contributed by atoms with E-state index >= 15 is 0 Å². The van der Waals surface area contributed by atoms with Gasteiger partial charge < -0.3 is 14.9 Å². The van der Waals surface area contributed by atoms with Crippen LogP contribution in [0.3, 0.4) is 0 Å². The Hall–Kier alpha value is -2.75. The van der Waals surface area contributed by atoms with Gasteiger partial charge in [-0.3, -0.25) is 0 Å². The summed E-state index contributed by atoms with van der Waals surface area (Å²) in [6, 6.07) is 11.9. The van der Waals surface area contributed by atoms with Crippen molar-refractivity contribution >= 4 is 17.6 Å². The van der Waals surface area contributed by atoms with Crippen LogP contribution in [-0.2, 0) is 0 Å². The Labute approximate surface area is 129 Å². The molecule has 4 nitrogen and oxygen atoms in total. The van der Waals surface area contributed by atoms with Gasteiger partial charge in [0, 0.05) is 0 Å². The van der Waals surface area contributed by atoms with Crippen molar-refractivity contribution in [3.63, 3.8) is 0 Å². The molecule has 0 fully saturated rings. The molecular weight excluding hydrogens is 280 g/mol. The molecule has 22 heavy (non-hydrogen) atoms. The molecule has 0 spiro atoms. The van der Waals surface area contributed by atoms with E-state index in [0.717, 1.165) is 23.1 Å². The van der Waals surface area contributed by atoms with Gasteiger partial charge in [0.2, 0.25) is 0 Å². The van der Waals surface area contributed by atoms with Crippen LogP contribution >= 0.6 is 0 Å². The van der Waals surface area contributed by atoms with Crippen molar-refractivity contribution in [3.05, 3.63) is 59.2 Å². The van der Waals surface area contributed by atoms with Crippen molar-refractivity contribution in [1.29, 1.82) is 0 Å². The number of hydrogen-bond acceptors (Lipinski definition) is 3. The summed E-state index contributed by atoms with van der Waals surface area (Å²) >= 11 is 0. The molecule has 2 rings (SSSR count). The molecule has 0 aliphatic rings. The first-order valence-electron chi connectivity index (χ1n) is 6.96. The van der Waals surface area contributed by atoms with Crippen molar-refractivity contribution in [1.82, 2.24) is 0 Å². The quantitative estimate of drug-likeness (QED) is 0.817. The molecule has 114 valence electrons. The van der Waals surface area contributed by atoms with Crippen LogP contribution < -0.4 is 4.74 Å². The smallest absolute Gasteiger partial charge is 0.335 e. The lowest BCUT2D eigenvalue weighted by molar-refractivity contribution is 0.0697. The molecule has 0 bridgehead atoms. The molecular formula is C18H18O4. The summed E-state index contributed by atoms with van der Waals surface area (Å²) in [4.78, 5) is 10.9. The molecule has 2 aromatic carbocycles. The lowest BCUT2D eigenvalue weighted by atomic mass is 9.99. The van der Waals surface area contributed by atoms with Crippen LogP contribution in [0.4, 0.5) is 0 Å². The number of aromatic hydroxyl groups is 1. The minimum absolute atomic E-state index is 0.100. The number of phenolic OH excluding ortho intramolecular Hbond substituents is 1. The fraction of sp³-hybridized carbons (Fsp3) is 0.167. The third kappa shape index (κ3) is 3.47. The van der Waals surface area contributed by atoms with E-state index in [9.17, 15) is 9.90 Å². The maximum Gasteiger partial charge on any atom is 0.335 e. The fourth-order valence-electron chi connectivity index (χ4n) is 2.20. The number of rotatable bonds is 5. The monoisotopic (exact) mass is 298 g/mol. The van der Waals surface area contributed by atoms with Gasteiger partial charge in [0.05, 0.1) is 12.7 Å². The zero-order valence-electron chi connectivity index (χ0n) is 12.5. The van der Waals surface area contributed by atoms with E-state index < -0.39 is 5.97 Å². The number of phenols is 1. The number of carboxylic acid groups (broad SMARTS) is 1. The van der Waals surface area contributed by atoms with E-state index in [1.165, 1.54) is 7.11 Å². The summed E-state index contributed by atoms with van der Waals surface area (Å²) in [6.07, 6.45) is 2.80. The second-order valence-corrected chi connectivity index (χ2v) is 4.84. The first kappa shape index (κ1) is 15.6. The average Bonchev–Trinajstić information content (AvgIpc) is 2.54. The number of benzene rings is 2. The van der Waals surface area contributed by atoms with Gasteiger partial charge in [-0.25, -0.2) is 4.79 Å². The van der Waals surface area contributed by atoms with Gasteiger partial charge in [-0.05, 0) is 47.4 Å². The Morgan fingerprint density at radius 1 is 1.14 bits per heavy atom. The molecule has 0 unspecified atom stereocenters. The topological polar surface area (TPSA) is 66.8 Å². The van der Waals surface area contributed by atoms with Crippen LogP contribution in [0, 0.1) is 0 Å². The highest BCUT2D eigenvalue weighted by molar-refractivity contribution is 5.89. The summed E-state index contributed by atoms with van der Waals surface area (Å²) in [6.45, 7) is 2.04. The van der Waals surface area contributed by atoms with Gasteiger partial charge >= 0.3 is 5.97 Å². The van der Waals surface area contributed by atoms with Gasteiger partial charge in [0.15, 0.2) is 11.5 Å². The molecule has 0 aromatic heterocycles. The molecule has 2 N–H and O–H groups in total. The zero-order valence-corrected chi connectivity index (χ0v) is 12.5. The summed E-state index contributed by atoms with van der Waals surface area (Å²) in [5, 5.41) is 18.6. The number of carbonyl (C=O) groups is 1. The van der Waals surface area contributed by atoms with Crippen LogP contribution in [0.2, 0.25) is 0 Å². The number of ether oxygens (including phenoxy) is 1. The lowest BCUT2D eigenvalue weighted by Gasteiger charge is -2.08. The van der Waals surface area contributed by atoms with Crippen LogP contribution in [0.25, 0.3) is 11.6 Å². The van der Waals surface area contributed by atoms with Crippen molar-refractivity contribution in [2.45, 2.75) is 13.3 Å². The maximum absolute atomic E-state index is 10.9. The van der Waals surface area contributed by atoms with Gasteiger partial charge in [0.1, 0.15) is 0 Å². The predicted molar refractivity (Wildman–Crippen MR) is 86.2 cm³/mol. The van der Waals surface area contributed by atoms with Crippen LogP contribution in [0.1, 0.15) is 34.8 Å². The summed E-state index contributed by atoms with van der Waals surface area (Å²) in [7, 11) is 1.51. The highest BCUT2D eigenvalue weighted by Gasteiger charge is 2.06. The van der Waals surface area contributed by atoms with E-state index in [0.29, 0.717) is 5.75 Å². The standard InChI is InChI=1S/C18H18O4/c1-3-13(14-5-7-15(8-6-14)18(20)21)10-12-4-9-16(19)17(11-12)22-2/h4-11,19H,3H2,1-2H3,(H,20,21)/b13-10+. The SMILES string of the molecule is CC/C(=C\c1ccc(O)c(OC)c1)c1ccc(C(=O)O)cc1. The van der Waals surface area contributed by atoms with E-state index in [-0.39, 0.29) is 11.3 Å². The van der Waals surface area contributed by atoms with Gasteiger partial charge in [0.25, 0.3) is 0 Å². The summed E-state index contributed by atoms with van der Waals surface area (Å²) in [5.74, 6) is -0.411. The summed E-state index contributed by atoms with van der Waals surface area (Å²) in [5.41, 5.74) is 3.23. The molecule has 4 heteroatoms. The van der Waals surface area contributed by atoms with E-state index in [1.807, 2.05) is 13.0 Å². The van der Waals surface area contributed by atoms with E-state index in [1.54, 1.807) is 42.5 Å². The summed E-state index contributed by atoms with van der Waals surface area (Å²) < 4.78 is 5.10. The van der Waals surface area contributed by atoms with Crippen molar-refractivity contribution < 1.29 is 19.7 Å². The van der Waals surface area contributed by atoms with E-state index in [4.69, 9.17) is 9.84 Å². The lowest BCUT2D eigenvalue weighted by Crippen LogP contribution is -1.95. The molecule has 0 atom stereocenters. The van der Waals surface area contributed by atoms with Crippen LogP contribution in [0.5, 0.6) is 11.5 Å². The second-order valence-electron chi connectivity index (χ2n) is 4.84. The minimum atomic E-state index is -0.933. The number of allylic oxidation sites excluding steroid dienone is 1. The highest BCUT2D eigenvalue weighted by atomic mass is 16.5. The van der Waals surface area contributed by atoms with Crippen LogP contribution in [0.15, 0.2) is 42.5 Å². The normalized spacial score (nSPS) is 11.3.